The summed E-state index contributed by atoms with van der Waals surface area (Å²) in [6.07, 6.45) is -0.474. The molecule has 0 aliphatic carbocycles. The largest absolute Gasteiger partial charge is 0.388 e. The second kappa shape index (κ2) is 6.13. The van der Waals surface area contributed by atoms with Gasteiger partial charge in [-0.25, -0.2) is 4.39 Å². The first-order valence-electron chi connectivity index (χ1n) is 5.04. The summed E-state index contributed by atoms with van der Waals surface area (Å²) >= 11 is 11.4. The average Bonchev–Trinajstić information content (AvgIpc) is 2.62. The molecule has 1 aromatic heterocycles. The third kappa shape index (κ3) is 3.42. The lowest BCUT2D eigenvalue weighted by Crippen LogP contribution is -2.03. The summed E-state index contributed by atoms with van der Waals surface area (Å²) in [6.45, 7) is 0. The number of hydrogen-bond donors (Lipinski definition) is 1. The maximum atomic E-state index is 13.7. The Labute approximate surface area is 133 Å². The van der Waals surface area contributed by atoms with Crippen molar-refractivity contribution in [2.75, 3.05) is 0 Å². The molecule has 1 nitrogen and oxygen atoms in total. The van der Waals surface area contributed by atoms with Gasteiger partial charge in [-0.1, -0.05) is 22.0 Å². The van der Waals surface area contributed by atoms with E-state index in [4.69, 9.17) is 0 Å². The molecule has 0 saturated heterocycles. The number of hydrogen-bond acceptors (Lipinski definition) is 2. The van der Waals surface area contributed by atoms with Gasteiger partial charge in [-0.3, -0.25) is 0 Å². The van der Waals surface area contributed by atoms with E-state index in [2.05, 4.69) is 47.8 Å². The Morgan fingerprint density at radius 2 is 1.94 bits per heavy atom. The van der Waals surface area contributed by atoms with Crippen LogP contribution in [0.3, 0.4) is 0 Å². The topological polar surface area (TPSA) is 20.2 Å². The van der Waals surface area contributed by atoms with Crippen LogP contribution in [-0.4, -0.2) is 5.11 Å². The number of aliphatic hydroxyl groups excluding tert-OH is 1. The molecule has 0 bridgehead atoms. The van der Waals surface area contributed by atoms with Crippen molar-refractivity contribution >= 4 is 59.1 Å². The second-order valence-electron chi connectivity index (χ2n) is 3.74. The quantitative estimate of drug-likeness (QED) is 0.648. The highest BCUT2D eigenvalue weighted by atomic mass is 79.9. The number of thiophene rings is 1. The van der Waals surface area contributed by atoms with Gasteiger partial charge in [0.1, 0.15) is 5.82 Å². The van der Waals surface area contributed by atoms with Gasteiger partial charge in [-0.15, -0.1) is 11.3 Å². The molecule has 2 aromatic rings. The molecule has 0 aliphatic rings. The Morgan fingerprint density at radius 1 is 1.22 bits per heavy atom. The molecule has 0 aliphatic heterocycles. The lowest BCUT2D eigenvalue weighted by atomic mass is 10.0. The van der Waals surface area contributed by atoms with E-state index in [-0.39, 0.29) is 12.2 Å². The van der Waals surface area contributed by atoms with Crippen molar-refractivity contribution < 1.29 is 9.50 Å². The smallest absolute Gasteiger partial charge is 0.127 e. The molecule has 1 aromatic carbocycles. The van der Waals surface area contributed by atoms with Crippen molar-refractivity contribution in [1.82, 2.24) is 0 Å². The summed E-state index contributed by atoms with van der Waals surface area (Å²) < 4.78 is 16.2. The minimum atomic E-state index is -0.724. The Morgan fingerprint density at radius 3 is 2.50 bits per heavy atom. The van der Waals surface area contributed by atoms with Crippen molar-refractivity contribution in [3.63, 3.8) is 0 Å². The average molecular weight is 459 g/mol. The van der Waals surface area contributed by atoms with E-state index in [0.717, 1.165) is 13.1 Å². The van der Waals surface area contributed by atoms with E-state index >= 15 is 0 Å². The minimum Gasteiger partial charge on any atom is -0.388 e. The van der Waals surface area contributed by atoms with E-state index < -0.39 is 6.10 Å². The van der Waals surface area contributed by atoms with Crippen LogP contribution < -0.4 is 0 Å². The number of benzene rings is 1. The predicted octanol–water partition coefficient (Wildman–Crippen LogP) is 5.45. The number of halogens is 4. The van der Waals surface area contributed by atoms with Gasteiger partial charge in [0.15, 0.2) is 0 Å². The Kier molecular flexibility index (Phi) is 4.99. The molecule has 2 rings (SSSR count). The van der Waals surface area contributed by atoms with Gasteiger partial charge in [0.25, 0.3) is 0 Å². The summed E-state index contributed by atoms with van der Waals surface area (Å²) in [5, 5.41) is 10.1. The van der Waals surface area contributed by atoms with Crippen LogP contribution in [0.25, 0.3) is 0 Å². The standard InChI is InChI=1S/C12H8Br3FOS/c13-7-2-1-6(9(16)4-7)3-10(17)8-5-11(14)18-12(8)15/h1-2,4-5,10,17H,3H2. The predicted molar refractivity (Wildman–Crippen MR) is 82.5 cm³/mol. The molecule has 18 heavy (non-hydrogen) atoms. The van der Waals surface area contributed by atoms with Crippen molar-refractivity contribution in [1.29, 1.82) is 0 Å². The van der Waals surface area contributed by atoms with Crippen LogP contribution in [0, 0.1) is 5.82 Å². The van der Waals surface area contributed by atoms with E-state index in [1.165, 1.54) is 17.4 Å². The van der Waals surface area contributed by atoms with Crippen LogP contribution in [0.1, 0.15) is 17.2 Å². The van der Waals surface area contributed by atoms with Crippen LogP contribution in [0.4, 0.5) is 4.39 Å². The highest BCUT2D eigenvalue weighted by Crippen LogP contribution is 2.36. The first-order valence-corrected chi connectivity index (χ1v) is 8.23. The zero-order valence-corrected chi connectivity index (χ0v) is 14.5. The maximum Gasteiger partial charge on any atom is 0.127 e. The molecular weight excluding hydrogens is 451 g/mol. The number of rotatable bonds is 3. The Hall–Kier alpha value is 0.250. The van der Waals surface area contributed by atoms with Crippen molar-refractivity contribution in [3.8, 4) is 0 Å². The molecule has 1 N–H and O–H groups in total. The molecule has 1 heterocycles. The lowest BCUT2D eigenvalue weighted by Gasteiger charge is -2.10. The third-order valence-corrected chi connectivity index (χ3v) is 5.35. The molecule has 0 spiro atoms. The van der Waals surface area contributed by atoms with Gasteiger partial charge >= 0.3 is 0 Å². The summed E-state index contributed by atoms with van der Waals surface area (Å²) in [5.74, 6) is -0.311. The molecule has 0 saturated carbocycles. The monoisotopic (exact) mass is 456 g/mol. The first-order chi connectivity index (χ1) is 8.47. The maximum absolute atomic E-state index is 13.7. The fourth-order valence-corrected chi connectivity index (χ4v) is 4.87. The second-order valence-corrected chi connectivity index (χ2v) is 8.40. The zero-order chi connectivity index (χ0) is 13.3. The van der Waals surface area contributed by atoms with Crippen LogP contribution in [-0.2, 0) is 6.42 Å². The number of aliphatic hydroxyl groups is 1. The van der Waals surface area contributed by atoms with Gasteiger partial charge in [-0.05, 0) is 55.6 Å². The highest BCUT2D eigenvalue weighted by Gasteiger charge is 2.16. The molecule has 0 fully saturated rings. The van der Waals surface area contributed by atoms with Gasteiger partial charge < -0.3 is 5.11 Å². The van der Waals surface area contributed by atoms with Crippen LogP contribution in [0.2, 0.25) is 0 Å². The zero-order valence-electron chi connectivity index (χ0n) is 8.96. The van der Waals surface area contributed by atoms with Crippen molar-refractivity contribution in [3.05, 3.63) is 53.3 Å². The normalized spacial score (nSPS) is 12.7. The van der Waals surface area contributed by atoms with Gasteiger partial charge in [0.2, 0.25) is 0 Å². The fourth-order valence-electron chi connectivity index (χ4n) is 1.59. The minimum absolute atomic E-state index is 0.251. The Bertz CT molecular complexity index is 570. The summed E-state index contributed by atoms with van der Waals surface area (Å²) in [6, 6.07) is 6.69. The first kappa shape index (κ1) is 14.7. The molecular formula is C12H8Br3FOS. The van der Waals surface area contributed by atoms with Gasteiger partial charge in [0.05, 0.1) is 13.7 Å². The van der Waals surface area contributed by atoms with Crippen LogP contribution in [0.5, 0.6) is 0 Å². The van der Waals surface area contributed by atoms with Crippen LogP contribution >= 0.6 is 59.1 Å². The third-order valence-electron chi connectivity index (χ3n) is 2.47. The summed E-state index contributed by atoms with van der Waals surface area (Å²) in [5.41, 5.74) is 1.27. The van der Waals surface area contributed by atoms with Crippen molar-refractivity contribution in [2.45, 2.75) is 12.5 Å². The molecule has 6 heteroatoms. The van der Waals surface area contributed by atoms with Gasteiger partial charge in [0, 0.05) is 16.5 Å². The molecule has 0 radical (unpaired) electrons. The van der Waals surface area contributed by atoms with E-state index in [0.29, 0.717) is 10.0 Å². The molecule has 0 amide bonds. The van der Waals surface area contributed by atoms with E-state index in [1.54, 1.807) is 12.1 Å². The molecule has 1 atom stereocenters. The van der Waals surface area contributed by atoms with E-state index in [9.17, 15) is 9.50 Å². The fraction of sp³-hybridized carbons (Fsp3) is 0.167. The Balaban J connectivity index is 2.21. The summed E-state index contributed by atoms with van der Waals surface area (Å²) in [4.78, 5) is 0. The van der Waals surface area contributed by atoms with Crippen molar-refractivity contribution in [2.24, 2.45) is 0 Å². The summed E-state index contributed by atoms with van der Waals surface area (Å²) in [7, 11) is 0. The van der Waals surface area contributed by atoms with Crippen LogP contribution in [0.15, 0.2) is 36.3 Å². The van der Waals surface area contributed by atoms with Gasteiger partial charge in [-0.2, -0.15) is 0 Å². The highest BCUT2D eigenvalue weighted by molar-refractivity contribution is 9.12. The molecule has 1 unspecified atom stereocenters. The molecule has 96 valence electrons. The SMILES string of the molecule is OC(Cc1ccc(Br)cc1F)c1cc(Br)sc1Br. The lowest BCUT2D eigenvalue weighted by molar-refractivity contribution is 0.177. The van der Waals surface area contributed by atoms with E-state index in [1.807, 2.05) is 6.07 Å².